The summed E-state index contributed by atoms with van der Waals surface area (Å²) < 4.78 is 5.55. The van der Waals surface area contributed by atoms with Crippen molar-refractivity contribution in [1.82, 2.24) is 10.3 Å². The first kappa shape index (κ1) is 14.2. The van der Waals surface area contributed by atoms with E-state index in [1.165, 1.54) is 0 Å². The van der Waals surface area contributed by atoms with E-state index in [0.29, 0.717) is 13.2 Å². The average molecular weight is 270 g/mol. The molecule has 0 saturated carbocycles. The lowest BCUT2D eigenvalue weighted by molar-refractivity contribution is -0.132. The van der Waals surface area contributed by atoms with Gasteiger partial charge in [-0.15, -0.1) is 0 Å². The van der Waals surface area contributed by atoms with Gasteiger partial charge < -0.3 is 10.1 Å². The highest BCUT2D eigenvalue weighted by molar-refractivity contribution is 5.80. The van der Waals surface area contributed by atoms with E-state index in [9.17, 15) is 4.79 Å². The number of carbonyl (C=O) groups is 1. The molecule has 0 unspecified atom stereocenters. The van der Waals surface area contributed by atoms with Crippen LogP contribution in [0, 0.1) is 0 Å². The first-order valence-corrected chi connectivity index (χ1v) is 6.59. The number of amides is 1. The Morgan fingerprint density at radius 1 is 1.20 bits per heavy atom. The van der Waals surface area contributed by atoms with E-state index < -0.39 is 6.10 Å². The predicted molar refractivity (Wildman–Crippen MR) is 76.8 cm³/mol. The summed E-state index contributed by atoms with van der Waals surface area (Å²) in [5.41, 5.74) is 1.88. The van der Waals surface area contributed by atoms with Crippen LogP contribution in [0.15, 0.2) is 54.7 Å². The molecule has 0 radical (unpaired) electrons. The number of nitrogens with one attached hydrogen (secondary N) is 1. The van der Waals surface area contributed by atoms with Crippen LogP contribution < -0.4 is 5.32 Å². The fourth-order valence-electron chi connectivity index (χ4n) is 1.70. The van der Waals surface area contributed by atoms with E-state index in [2.05, 4.69) is 10.3 Å². The molecule has 2 rings (SSSR count). The Morgan fingerprint density at radius 2 is 1.95 bits per heavy atom. The molecule has 0 saturated heterocycles. The molecular weight excluding hydrogens is 252 g/mol. The molecular formula is C16H18N2O2. The SMILES string of the molecule is C[C@@H](OCc1ccccc1)C(=O)NCc1ccccn1. The maximum atomic E-state index is 11.9. The highest BCUT2D eigenvalue weighted by atomic mass is 16.5. The summed E-state index contributed by atoms with van der Waals surface area (Å²) in [6.45, 7) is 2.59. The summed E-state index contributed by atoms with van der Waals surface area (Å²) in [5, 5.41) is 2.81. The number of aromatic nitrogens is 1. The van der Waals surface area contributed by atoms with Crippen molar-refractivity contribution >= 4 is 5.91 Å². The van der Waals surface area contributed by atoms with E-state index >= 15 is 0 Å². The first-order chi connectivity index (χ1) is 9.75. The summed E-state index contributed by atoms with van der Waals surface area (Å²) in [4.78, 5) is 16.0. The largest absolute Gasteiger partial charge is 0.364 e. The molecule has 1 aromatic carbocycles. The van der Waals surface area contributed by atoms with Crippen molar-refractivity contribution in [2.45, 2.75) is 26.2 Å². The summed E-state index contributed by atoms with van der Waals surface area (Å²) in [5.74, 6) is -0.133. The molecule has 0 aliphatic rings. The lowest BCUT2D eigenvalue weighted by Gasteiger charge is -2.13. The van der Waals surface area contributed by atoms with Crippen LogP contribution in [0.2, 0.25) is 0 Å². The minimum atomic E-state index is -0.487. The predicted octanol–water partition coefficient (Wildman–Crippen LogP) is 2.30. The zero-order valence-corrected chi connectivity index (χ0v) is 11.5. The monoisotopic (exact) mass is 270 g/mol. The Balaban J connectivity index is 1.75. The third-order valence-corrected chi connectivity index (χ3v) is 2.88. The topological polar surface area (TPSA) is 51.2 Å². The van der Waals surface area contributed by atoms with Crippen LogP contribution in [0.3, 0.4) is 0 Å². The Bertz CT molecular complexity index is 529. The number of hydrogen-bond donors (Lipinski definition) is 1. The Hall–Kier alpha value is -2.20. The number of pyridine rings is 1. The molecule has 104 valence electrons. The molecule has 1 amide bonds. The van der Waals surface area contributed by atoms with Crippen molar-refractivity contribution in [3.63, 3.8) is 0 Å². The lowest BCUT2D eigenvalue weighted by atomic mass is 10.2. The molecule has 20 heavy (non-hydrogen) atoms. The fraction of sp³-hybridized carbons (Fsp3) is 0.250. The van der Waals surface area contributed by atoms with Gasteiger partial charge in [0.2, 0.25) is 5.91 Å². The summed E-state index contributed by atoms with van der Waals surface area (Å²) >= 11 is 0. The van der Waals surface area contributed by atoms with Crippen molar-refractivity contribution in [2.24, 2.45) is 0 Å². The van der Waals surface area contributed by atoms with Crippen LogP contribution in [-0.4, -0.2) is 17.0 Å². The van der Waals surface area contributed by atoms with E-state index in [4.69, 9.17) is 4.74 Å². The normalized spacial score (nSPS) is 11.8. The quantitative estimate of drug-likeness (QED) is 0.876. The Labute approximate surface area is 118 Å². The van der Waals surface area contributed by atoms with Gasteiger partial charge in [0, 0.05) is 6.20 Å². The van der Waals surface area contributed by atoms with E-state index in [1.54, 1.807) is 13.1 Å². The van der Waals surface area contributed by atoms with Crippen molar-refractivity contribution in [3.05, 3.63) is 66.0 Å². The molecule has 0 bridgehead atoms. The van der Waals surface area contributed by atoms with E-state index in [1.807, 2.05) is 48.5 Å². The summed E-state index contributed by atoms with van der Waals surface area (Å²) in [6.07, 6.45) is 1.22. The van der Waals surface area contributed by atoms with Crippen LogP contribution in [0.4, 0.5) is 0 Å². The number of ether oxygens (including phenoxy) is 1. The van der Waals surface area contributed by atoms with Crippen LogP contribution in [-0.2, 0) is 22.7 Å². The minimum absolute atomic E-state index is 0.133. The third kappa shape index (κ3) is 4.48. The number of carbonyl (C=O) groups excluding carboxylic acids is 1. The molecule has 1 N–H and O–H groups in total. The maximum absolute atomic E-state index is 11.9. The molecule has 0 spiro atoms. The second-order valence-electron chi connectivity index (χ2n) is 4.48. The van der Waals surface area contributed by atoms with Gasteiger partial charge in [0.15, 0.2) is 0 Å². The molecule has 0 aliphatic heterocycles. The smallest absolute Gasteiger partial charge is 0.249 e. The lowest BCUT2D eigenvalue weighted by Crippen LogP contribution is -2.34. The number of nitrogens with zero attached hydrogens (tertiary/aromatic N) is 1. The molecule has 2 aromatic rings. The first-order valence-electron chi connectivity index (χ1n) is 6.59. The zero-order valence-electron chi connectivity index (χ0n) is 11.5. The van der Waals surface area contributed by atoms with Gasteiger partial charge in [-0.1, -0.05) is 36.4 Å². The Morgan fingerprint density at radius 3 is 2.65 bits per heavy atom. The van der Waals surface area contributed by atoms with Crippen LogP contribution in [0.1, 0.15) is 18.2 Å². The zero-order chi connectivity index (χ0) is 14.2. The number of rotatable bonds is 6. The van der Waals surface area contributed by atoms with Crippen LogP contribution >= 0.6 is 0 Å². The number of benzene rings is 1. The van der Waals surface area contributed by atoms with Gasteiger partial charge >= 0.3 is 0 Å². The molecule has 4 nitrogen and oxygen atoms in total. The van der Waals surface area contributed by atoms with Gasteiger partial charge in [-0.05, 0) is 24.6 Å². The maximum Gasteiger partial charge on any atom is 0.249 e. The Kier molecular flexibility index (Phi) is 5.26. The van der Waals surface area contributed by atoms with Crippen molar-refractivity contribution in [1.29, 1.82) is 0 Å². The summed E-state index contributed by atoms with van der Waals surface area (Å²) in [7, 11) is 0. The minimum Gasteiger partial charge on any atom is -0.364 e. The molecule has 4 heteroatoms. The van der Waals surface area contributed by atoms with Gasteiger partial charge in [0.25, 0.3) is 0 Å². The van der Waals surface area contributed by atoms with Crippen LogP contribution in [0.25, 0.3) is 0 Å². The van der Waals surface area contributed by atoms with Crippen LogP contribution in [0.5, 0.6) is 0 Å². The van der Waals surface area contributed by atoms with Gasteiger partial charge in [0.05, 0.1) is 18.8 Å². The highest BCUT2D eigenvalue weighted by Gasteiger charge is 2.12. The standard InChI is InChI=1S/C16H18N2O2/c1-13(20-12-14-7-3-2-4-8-14)16(19)18-11-15-9-5-6-10-17-15/h2-10,13H,11-12H2,1H3,(H,18,19)/t13-/m1/s1. The van der Waals surface area contributed by atoms with E-state index in [-0.39, 0.29) is 5.91 Å². The van der Waals surface area contributed by atoms with Crippen molar-refractivity contribution in [3.8, 4) is 0 Å². The average Bonchev–Trinajstić information content (AvgIpc) is 2.52. The molecule has 0 fully saturated rings. The molecule has 0 aliphatic carbocycles. The summed E-state index contributed by atoms with van der Waals surface area (Å²) in [6, 6.07) is 15.4. The van der Waals surface area contributed by atoms with Gasteiger partial charge in [0.1, 0.15) is 6.10 Å². The molecule has 1 atom stereocenters. The van der Waals surface area contributed by atoms with Gasteiger partial charge in [-0.2, -0.15) is 0 Å². The second kappa shape index (κ2) is 7.40. The molecule has 1 heterocycles. The highest BCUT2D eigenvalue weighted by Crippen LogP contribution is 2.03. The number of hydrogen-bond acceptors (Lipinski definition) is 3. The second-order valence-corrected chi connectivity index (χ2v) is 4.48. The van der Waals surface area contributed by atoms with Crippen molar-refractivity contribution in [2.75, 3.05) is 0 Å². The fourth-order valence-corrected chi connectivity index (χ4v) is 1.70. The van der Waals surface area contributed by atoms with Gasteiger partial charge in [-0.25, -0.2) is 0 Å². The van der Waals surface area contributed by atoms with Gasteiger partial charge in [-0.3, -0.25) is 9.78 Å². The van der Waals surface area contributed by atoms with Crippen molar-refractivity contribution < 1.29 is 9.53 Å². The van der Waals surface area contributed by atoms with E-state index in [0.717, 1.165) is 11.3 Å². The third-order valence-electron chi connectivity index (χ3n) is 2.88. The molecule has 1 aromatic heterocycles.